The lowest BCUT2D eigenvalue weighted by Gasteiger charge is -2.24. The van der Waals surface area contributed by atoms with Gasteiger partial charge in [-0.1, -0.05) is 0 Å². The fourth-order valence-electron chi connectivity index (χ4n) is 3.44. The fourth-order valence-corrected chi connectivity index (χ4v) is 3.44. The Morgan fingerprint density at radius 3 is 2.65 bits per heavy atom. The van der Waals surface area contributed by atoms with Crippen molar-refractivity contribution in [3.05, 3.63) is 74.3 Å². The molecule has 4 rings (SSSR count). The van der Waals surface area contributed by atoms with E-state index >= 15 is 0 Å². The average molecular weight is 468 g/mol. The smallest absolute Gasteiger partial charge is 0.273 e. The summed E-state index contributed by atoms with van der Waals surface area (Å²) < 4.78 is 18.2. The summed E-state index contributed by atoms with van der Waals surface area (Å²) in [6, 6.07) is 8.90. The minimum absolute atomic E-state index is 0.0197. The Hall–Kier alpha value is -4.81. The Morgan fingerprint density at radius 2 is 1.97 bits per heavy atom. The highest BCUT2D eigenvalue weighted by Gasteiger charge is 2.35. The molecule has 3 aromatic rings. The molecule has 0 unspecified atom stereocenters. The third kappa shape index (κ3) is 4.53. The van der Waals surface area contributed by atoms with Crippen molar-refractivity contribution in [2.24, 2.45) is 0 Å². The van der Waals surface area contributed by atoms with E-state index in [0.29, 0.717) is 5.69 Å². The molecule has 0 spiro atoms. The molecular formula is C21H17FN6O6. The van der Waals surface area contributed by atoms with Crippen LogP contribution in [-0.4, -0.2) is 33.8 Å². The first-order valence-corrected chi connectivity index (χ1v) is 9.85. The van der Waals surface area contributed by atoms with Gasteiger partial charge < -0.3 is 20.7 Å². The number of anilines is 4. The summed E-state index contributed by atoms with van der Waals surface area (Å²) in [5.74, 6) is -2.94. The second-order valence-corrected chi connectivity index (χ2v) is 7.24. The van der Waals surface area contributed by atoms with Crippen LogP contribution in [0, 0.1) is 15.9 Å². The van der Waals surface area contributed by atoms with E-state index in [0.717, 1.165) is 6.07 Å². The van der Waals surface area contributed by atoms with E-state index in [4.69, 9.17) is 4.74 Å². The summed E-state index contributed by atoms with van der Waals surface area (Å²) in [6.45, 7) is 0. The van der Waals surface area contributed by atoms with Crippen molar-refractivity contribution < 1.29 is 23.6 Å². The first kappa shape index (κ1) is 22.4. The van der Waals surface area contributed by atoms with Crippen molar-refractivity contribution in [3.63, 3.8) is 0 Å². The van der Waals surface area contributed by atoms with E-state index in [1.165, 1.54) is 43.5 Å². The number of rotatable bonds is 6. The van der Waals surface area contributed by atoms with Crippen LogP contribution in [0.5, 0.6) is 5.75 Å². The van der Waals surface area contributed by atoms with Crippen LogP contribution in [0.2, 0.25) is 0 Å². The normalized spacial score (nSPS) is 14.5. The number of amides is 2. The third-order valence-electron chi connectivity index (χ3n) is 5.03. The molecule has 0 saturated carbocycles. The van der Waals surface area contributed by atoms with E-state index in [2.05, 4.69) is 25.9 Å². The number of nitro benzene ring substituents is 1. The lowest BCUT2D eigenvalue weighted by molar-refractivity contribution is -0.384. The van der Waals surface area contributed by atoms with Crippen molar-refractivity contribution in [2.75, 3.05) is 23.1 Å². The molecule has 13 heteroatoms. The molecule has 1 aliphatic heterocycles. The van der Waals surface area contributed by atoms with Gasteiger partial charge in [0, 0.05) is 18.2 Å². The van der Waals surface area contributed by atoms with Crippen molar-refractivity contribution in [2.45, 2.75) is 12.3 Å². The number of fused-ring (bicyclic) bond motifs is 1. The Balaban J connectivity index is 1.63. The Bertz CT molecular complexity index is 1360. The maximum Gasteiger partial charge on any atom is 0.273 e. The highest BCUT2D eigenvalue weighted by atomic mass is 19.1. The van der Waals surface area contributed by atoms with Crippen molar-refractivity contribution >= 4 is 40.6 Å². The number of hydrogen-bond acceptors (Lipinski definition) is 8. The number of carbonyl (C=O) groups is 2. The molecule has 4 N–H and O–H groups in total. The summed E-state index contributed by atoms with van der Waals surface area (Å²) in [7, 11) is 1.28. The minimum atomic E-state index is -1.18. The number of non-ortho nitro benzene ring substituents is 1. The number of hydrogen-bond donors (Lipinski definition) is 4. The number of methoxy groups -OCH3 is 1. The molecule has 0 radical (unpaired) electrons. The molecule has 2 aromatic carbocycles. The molecule has 1 aliphatic rings. The average Bonchev–Trinajstić information content (AvgIpc) is 2.79. The number of carbonyl (C=O) groups excluding carboxylic acids is 2. The van der Waals surface area contributed by atoms with Crippen LogP contribution in [-0.2, 0) is 9.59 Å². The minimum Gasteiger partial charge on any atom is -0.494 e. The number of ether oxygens (including phenoxy) is 1. The SMILES string of the molecule is COc1cc([N+](=O)[O-])ccc1NC(=O)[C@@H]1CC(=O)Nc2nc(Nc3ccc(F)cc3)[nH]c(=O)c21. The second kappa shape index (κ2) is 8.97. The summed E-state index contributed by atoms with van der Waals surface area (Å²) in [5, 5.41) is 18.8. The van der Waals surface area contributed by atoms with Gasteiger partial charge in [-0.25, -0.2) is 4.39 Å². The predicted molar refractivity (Wildman–Crippen MR) is 119 cm³/mol. The number of nitrogens with zero attached hydrogens (tertiary/aromatic N) is 2. The van der Waals surface area contributed by atoms with Crippen LogP contribution in [0.4, 0.5) is 33.2 Å². The summed E-state index contributed by atoms with van der Waals surface area (Å²) in [4.78, 5) is 55.1. The zero-order chi connectivity index (χ0) is 24.4. The second-order valence-electron chi connectivity index (χ2n) is 7.24. The molecule has 12 nitrogen and oxygen atoms in total. The number of benzene rings is 2. The maximum absolute atomic E-state index is 13.1. The lowest BCUT2D eigenvalue weighted by atomic mass is 9.92. The standard InChI is InChI=1S/C21H17FN6O6/c1-34-15-8-12(28(32)33)6-7-14(15)24-19(30)13-9-16(29)25-18-17(13)20(31)27-21(26-18)23-11-4-2-10(22)3-5-11/h2-8,13H,9H2,1H3,(H,24,30)(H3,23,25,26,27,29,31)/t13-/m1/s1. The van der Waals surface area contributed by atoms with Gasteiger partial charge in [0.25, 0.3) is 11.2 Å². The molecule has 34 heavy (non-hydrogen) atoms. The highest BCUT2D eigenvalue weighted by molar-refractivity contribution is 6.05. The topological polar surface area (TPSA) is 168 Å². The summed E-state index contributed by atoms with van der Waals surface area (Å²) in [5.41, 5.74) is -0.386. The first-order valence-electron chi connectivity index (χ1n) is 9.85. The van der Waals surface area contributed by atoms with Crippen molar-refractivity contribution in [3.8, 4) is 5.75 Å². The van der Waals surface area contributed by atoms with Gasteiger partial charge in [-0.15, -0.1) is 0 Å². The Morgan fingerprint density at radius 1 is 1.24 bits per heavy atom. The molecule has 0 bridgehead atoms. The number of nitro groups is 1. The molecule has 0 saturated heterocycles. The summed E-state index contributed by atoms with van der Waals surface area (Å²) >= 11 is 0. The molecule has 0 fully saturated rings. The number of nitrogens with one attached hydrogen (secondary N) is 4. The molecule has 174 valence electrons. The number of H-pyrrole nitrogens is 1. The van der Waals surface area contributed by atoms with Crippen LogP contribution in [0.15, 0.2) is 47.3 Å². The largest absolute Gasteiger partial charge is 0.494 e. The Kier molecular flexibility index (Phi) is 5.91. The quantitative estimate of drug-likeness (QED) is 0.316. The van der Waals surface area contributed by atoms with Gasteiger partial charge in [-0.2, -0.15) is 4.98 Å². The van der Waals surface area contributed by atoms with E-state index in [1.54, 1.807) is 0 Å². The zero-order valence-corrected chi connectivity index (χ0v) is 17.5. The molecule has 1 atom stereocenters. The van der Waals surface area contributed by atoms with Gasteiger partial charge in [0.05, 0.1) is 35.3 Å². The van der Waals surface area contributed by atoms with E-state index in [9.17, 15) is 28.9 Å². The van der Waals surface area contributed by atoms with Gasteiger partial charge in [-0.3, -0.25) is 29.5 Å². The zero-order valence-electron chi connectivity index (χ0n) is 17.5. The summed E-state index contributed by atoms with van der Waals surface area (Å²) in [6.07, 6.45) is -0.316. The number of aromatic amines is 1. The predicted octanol–water partition coefficient (Wildman–Crippen LogP) is 2.63. The lowest BCUT2D eigenvalue weighted by Crippen LogP contribution is -2.36. The molecule has 2 heterocycles. The maximum atomic E-state index is 13.1. The van der Waals surface area contributed by atoms with Crippen LogP contribution >= 0.6 is 0 Å². The van der Waals surface area contributed by atoms with E-state index in [-0.39, 0.29) is 40.9 Å². The van der Waals surface area contributed by atoms with Gasteiger partial charge in [0.2, 0.25) is 17.8 Å². The molecular weight excluding hydrogens is 451 g/mol. The van der Waals surface area contributed by atoms with Crippen molar-refractivity contribution in [1.29, 1.82) is 0 Å². The van der Waals surface area contributed by atoms with Gasteiger partial charge in [0.15, 0.2) is 0 Å². The van der Waals surface area contributed by atoms with Gasteiger partial charge >= 0.3 is 0 Å². The number of halogens is 1. The van der Waals surface area contributed by atoms with Gasteiger partial charge in [-0.05, 0) is 30.3 Å². The monoisotopic (exact) mass is 468 g/mol. The van der Waals surface area contributed by atoms with Crippen LogP contribution in [0.1, 0.15) is 17.9 Å². The highest BCUT2D eigenvalue weighted by Crippen LogP contribution is 2.33. The van der Waals surface area contributed by atoms with Crippen LogP contribution in [0.25, 0.3) is 0 Å². The van der Waals surface area contributed by atoms with Crippen LogP contribution in [0.3, 0.4) is 0 Å². The first-order chi connectivity index (χ1) is 16.2. The van der Waals surface area contributed by atoms with Gasteiger partial charge in [0.1, 0.15) is 17.4 Å². The molecule has 0 aliphatic carbocycles. The molecule has 2 amide bonds. The number of aromatic nitrogens is 2. The Labute approximate surface area is 190 Å². The van der Waals surface area contributed by atoms with E-state index < -0.39 is 34.0 Å². The van der Waals surface area contributed by atoms with Crippen molar-refractivity contribution in [1.82, 2.24) is 9.97 Å². The fraction of sp³-hybridized carbons (Fsp3) is 0.143. The van der Waals surface area contributed by atoms with E-state index in [1.807, 2.05) is 0 Å². The van der Waals surface area contributed by atoms with Crippen LogP contribution < -0.4 is 26.2 Å². The molecule has 1 aromatic heterocycles. The third-order valence-corrected chi connectivity index (χ3v) is 5.03.